The lowest BCUT2D eigenvalue weighted by atomic mass is 10.1. The number of halogens is 3. The van der Waals surface area contributed by atoms with Gasteiger partial charge < -0.3 is 9.64 Å². The molecule has 0 saturated carbocycles. The molecule has 1 aliphatic heterocycles. The summed E-state index contributed by atoms with van der Waals surface area (Å²) in [5.74, 6) is -0.0430. The maximum absolute atomic E-state index is 12.5. The van der Waals surface area contributed by atoms with E-state index >= 15 is 0 Å². The third kappa shape index (κ3) is 3.72. The highest BCUT2D eigenvalue weighted by molar-refractivity contribution is 9.10. The number of amides is 1. The maximum atomic E-state index is 12.5. The van der Waals surface area contributed by atoms with Crippen LogP contribution in [0.5, 0.6) is 0 Å². The van der Waals surface area contributed by atoms with Crippen LogP contribution in [0.25, 0.3) is 0 Å². The topological polar surface area (TPSA) is 29.5 Å². The first-order valence-electron chi connectivity index (χ1n) is 5.97. The van der Waals surface area contributed by atoms with E-state index < -0.39 is 0 Å². The standard InChI is InChI=1S/C13H14Br2ClNO2/c1-8-6-17(7-10(5-14)19-8)13(18)11-3-2-9(15)4-12(11)16/h2-4,8,10H,5-7H2,1H3. The van der Waals surface area contributed by atoms with Crippen molar-refractivity contribution in [1.29, 1.82) is 0 Å². The molecule has 0 aliphatic carbocycles. The lowest BCUT2D eigenvalue weighted by Crippen LogP contribution is -2.49. The number of hydrogen-bond donors (Lipinski definition) is 0. The number of benzene rings is 1. The Morgan fingerprint density at radius 3 is 2.89 bits per heavy atom. The van der Waals surface area contributed by atoms with Gasteiger partial charge in [-0.2, -0.15) is 0 Å². The Morgan fingerprint density at radius 1 is 1.53 bits per heavy atom. The molecule has 1 heterocycles. The molecule has 3 nitrogen and oxygen atoms in total. The highest BCUT2D eigenvalue weighted by Crippen LogP contribution is 2.24. The monoisotopic (exact) mass is 409 g/mol. The molecule has 1 aromatic rings. The van der Waals surface area contributed by atoms with Crippen molar-refractivity contribution in [2.24, 2.45) is 0 Å². The summed E-state index contributed by atoms with van der Waals surface area (Å²) < 4.78 is 6.58. The third-order valence-corrected chi connectivity index (χ3v) is 4.48. The highest BCUT2D eigenvalue weighted by Gasteiger charge is 2.29. The van der Waals surface area contributed by atoms with Crippen molar-refractivity contribution in [1.82, 2.24) is 4.90 Å². The molecule has 1 fully saturated rings. The second-order valence-electron chi connectivity index (χ2n) is 4.56. The molecule has 0 spiro atoms. The summed E-state index contributed by atoms with van der Waals surface area (Å²) in [7, 11) is 0. The van der Waals surface area contributed by atoms with E-state index in [1.54, 1.807) is 17.0 Å². The molecule has 0 aromatic heterocycles. The minimum absolute atomic E-state index is 0.0296. The number of carbonyl (C=O) groups excluding carboxylic acids is 1. The van der Waals surface area contributed by atoms with Crippen LogP contribution in [0.15, 0.2) is 22.7 Å². The van der Waals surface area contributed by atoms with Crippen molar-refractivity contribution < 1.29 is 9.53 Å². The Bertz CT molecular complexity index is 484. The van der Waals surface area contributed by atoms with E-state index in [1.165, 1.54) is 0 Å². The van der Waals surface area contributed by atoms with Gasteiger partial charge in [0.2, 0.25) is 0 Å². The summed E-state index contributed by atoms with van der Waals surface area (Å²) in [6, 6.07) is 5.31. The van der Waals surface area contributed by atoms with E-state index in [-0.39, 0.29) is 18.1 Å². The molecular formula is C13H14Br2ClNO2. The molecule has 1 aromatic carbocycles. The van der Waals surface area contributed by atoms with Gasteiger partial charge in [0, 0.05) is 22.9 Å². The summed E-state index contributed by atoms with van der Waals surface area (Å²) in [4.78, 5) is 14.3. The quantitative estimate of drug-likeness (QED) is 0.694. The molecule has 0 bridgehead atoms. The van der Waals surface area contributed by atoms with Gasteiger partial charge in [-0.3, -0.25) is 4.79 Å². The van der Waals surface area contributed by atoms with Gasteiger partial charge in [-0.15, -0.1) is 0 Å². The number of rotatable bonds is 2. The van der Waals surface area contributed by atoms with Crippen LogP contribution in [-0.4, -0.2) is 41.4 Å². The van der Waals surface area contributed by atoms with Crippen molar-refractivity contribution in [2.45, 2.75) is 19.1 Å². The number of alkyl halides is 1. The van der Waals surface area contributed by atoms with Crippen LogP contribution < -0.4 is 0 Å². The fourth-order valence-electron chi connectivity index (χ4n) is 2.13. The van der Waals surface area contributed by atoms with E-state index in [0.29, 0.717) is 23.7 Å². The maximum Gasteiger partial charge on any atom is 0.255 e. The summed E-state index contributed by atoms with van der Waals surface area (Å²) in [6.45, 7) is 3.15. The molecule has 104 valence electrons. The van der Waals surface area contributed by atoms with E-state index in [4.69, 9.17) is 16.3 Å². The van der Waals surface area contributed by atoms with Gasteiger partial charge in [0.1, 0.15) is 0 Å². The Hall–Kier alpha value is -0.100. The minimum atomic E-state index is -0.0430. The van der Waals surface area contributed by atoms with Crippen molar-refractivity contribution >= 4 is 49.4 Å². The van der Waals surface area contributed by atoms with Crippen LogP contribution in [0, 0.1) is 0 Å². The fourth-order valence-corrected chi connectivity index (χ4v) is 3.24. The highest BCUT2D eigenvalue weighted by atomic mass is 79.9. The molecule has 19 heavy (non-hydrogen) atoms. The Balaban J connectivity index is 2.18. The first-order chi connectivity index (χ1) is 9.01. The first kappa shape index (κ1) is 15.3. The van der Waals surface area contributed by atoms with Crippen LogP contribution in [0.1, 0.15) is 17.3 Å². The Morgan fingerprint density at radius 2 is 2.26 bits per heavy atom. The van der Waals surface area contributed by atoms with E-state index in [9.17, 15) is 4.79 Å². The Kier molecular flexibility index (Phi) is 5.29. The number of morpholine rings is 1. The zero-order valence-electron chi connectivity index (χ0n) is 10.4. The summed E-state index contributed by atoms with van der Waals surface area (Å²) in [5.41, 5.74) is 0.535. The van der Waals surface area contributed by atoms with Gasteiger partial charge in [0.15, 0.2) is 0 Å². The number of nitrogens with zero attached hydrogens (tertiary/aromatic N) is 1. The van der Waals surface area contributed by atoms with Gasteiger partial charge in [-0.1, -0.05) is 43.5 Å². The zero-order chi connectivity index (χ0) is 14.0. The van der Waals surface area contributed by atoms with E-state index in [0.717, 1.165) is 9.80 Å². The molecule has 1 saturated heterocycles. The van der Waals surface area contributed by atoms with Crippen molar-refractivity contribution in [2.75, 3.05) is 18.4 Å². The molecular weight excluding hydrogens is 397 g/mol. The second kappa shape index (κ2) is 6.57. The van der Waals surface area contributed by atoms with Gasteiger partial charge >= 0.3 is 0 Å². The Labute approximate surface area is 134 Å². The largest absolute Gasteiger partial charge is 0.371 e. The molecule has 2 rings (SSSR count). The van der Waals surface area contributed by atoms with Crippen LogP contribution in [0.4, 0.5) is 0 Å². The zero-order valence-corrected chi connectivity index (χ0v) is 14.3. The van der Waals surface area contributed by atoms with Gasteiger partial charge in [0.05, 0.1) is 22.8 Å². The molecule has 2 unspecified atom stereocenters. The predicted molar refractivity (Wildman–Crippen MR) is 83.2 cm³/mol. The van der Waals surface area contributed by atoms with Gasteiger partial charge in [-0.25, -0.2) is 0 Å². The summed E-state index contributed by atoms with van der Waals surface area (Å²) in [6.07, 6.45) is 0.0661. The van der Waals surface area contributed by atoms with Crippen molar-refractivity contribution in [3.63, 3.8) is 0 Å². The fraction of sp³-hybridized carbons (Fsp3) is 0.462. The van der Waals surface area contributed by atoms with E-state index in [2.05, 4.69) is 31.9 Å². The number of ether oxygens (including phenoxy) is 1. The van der Waals surface area contributed by atoms with Crippen LogP contribution in [-0.2, 0) is 4.74 Å². The first-order valence-corrected chi connectivity index (χ1v) is 8.26. The van der Waals surface area contributed by atoms with Gasteiger partial charge in [-0.05, 0) is 25.1 Å². The average Bonchev–Trinajstić information content (AvgIpc) is 2.37. The lowest BCUT2D eigenvalue weighted by molar-refractivity contribution is -0.0559. The van der Waals surface area contributed by atoms with Crippen molar-refractivity contribution in [3.8, 4) is 0 Å². The third-order valence-electron chi connectivity index (χ3n) is 2.95. The molecule has 2 atom stereocenters. The SMILES string of the molecule is CC1CN(C(=O)c2ccc(Br)cc2Cl)CC(CBr)O1. The summed E-state index contributed by atoms with van der Waals surface area (Å²) in [5, 5.41) is 1.18. The number of carbonyl (C=O) groups is 1. The number of hydrogen-bond acceptors (Lipinski definition) is 2. The van der Waals surface area contributed by atoms with Gasteiger partial charge in [0.25, 0.3) is 5.91 Å². The summed E-state index contributed by atoms with van der Waals surface area (Å²) >= 11 is 12.9. The van der Waals surface area contributed by atoms with Crippen LogP contribution in [0.3, 0.4) is 0 Å². The van der Waals surface area contributed by atoms with E-state index in [1.807, 2.05) is 13.0 Å². The molecule has 0 radical (unpaired) electrons. The average molecular weight is 412 g/mol. The van der Waals surface area contributed by atoms with Crippen LogP contribution >= 0.6 is 43.5 Å². The second-order valence-corrected chi connectivity index (χ2v) is 6.53. The molecule has 1 aliphatic rings. The molecule has 0 N–H and O–H groups in total. The molecule has 6 heteroatoms. The minimum Gasteiger partial charge on any atom is -0.371 e. The molecule has 1 amide bonds. The van der Waals surface area contributed by atoms with Crippen molar-refractivity contribution in [3.05, 3.63) is 33.3 Å². The normalized spacial score (nSPS) is 23.5. The lowest BCUT2D eigenvalue weighted by Gasteiger charge is -2.36. The smallest absolute Gasteiger partial charge is 0.255 e. The van der Waals surface area contributed by atoms with Crippen LogP contribution in [0.2, 0.25) is 5.02 Å². The predicted octanol–water partition coefficient (Wildman–Crippen LogP) is 3.73.